The van der Waals surface area contributed by atoms with Gasteiger partial charge in [-0.2, -0.15) is 10.4 Å². The molecule has 22 heavy (non-hydrogen) atoms. The van der Waals surface area contributed by atoms with E-state index in [-0.39, 0.29) is 0 Å². The fraction of sp³-hybridized carbons (Fsp3) is 0.375. The van der Waals surface area contributed by atoms with Crippen LogP contribution in [0.2, 0.25) is 0 Å². The lowest BCUT2D eigenvalue weighted by Gasteiger charge is -2.38. The molecule has 1 saturated heterocycles. The third kappa shape index (κ3) is 2.98. The first kappa shape index (κ1) is 14.3. The van der Waals surface area contributed by atoms with Crippen LogP contribution in [0.25, 0.3) is 0 Å². The lowest BCUT2D eigenvalue weighted by Crippen LogP contribution is -2.47. The maximum Gasteiger partial charge on any atom is 0.151 e. The highest BCUT2D eigenvalue weighted by Gasteiger charge is 2.25. The highest BCUT2D eigenvalue weighted by Crippen LogP contribution is 2.23. The second-order valence-electron chi connectivity index (χ2n) is 5.45. The largest absolute Gasteiger partial charge is 0.355 e. The van der Waals surface area contributed by atoms with Gasteiger partial charge in [0, 0.05) is 38.6 Å². The molecule has 2 aromatic rings. The van der Waals surface area contributed by atoms with Gasteiger partial charge in [0.05, 0.1) is 11.6 Å². The number of aromatic nitrogens is 3. The first-order valence-corrected chi connectivity index (χ1v) is 7.39. The maximum atomic E-state index is 9.03. The van der Waals surface area contributed by atoms with Gasteiger partial charge in [-0.05, 0) is 37.1 Å². The van der Waals surface area contributed by atoms with Crippen LogP contribution in [0.5, 0.6) is 0 Å². The van der Waals surface area contributed by atoms with E-state index >= 15 is 0 Å². The van der Waals surface area contributed by atoms with Crippen molar-refractivity contribution in [1.29, 1.82) is 5.26 Å². The van der Waals surface area contributed by atoms with Crippen molar-refractivity contribution in [2.75, 3.05) is 29.9 Å². The van der Waals surface area contributed by atoms with E-state index in [0.717, 1.165) is 37.6 Å². The van der Waals surface area contributed by atoms with Gasteiger partial charge in [-0.3, -0.25) is 0 Å². The van der Waals surface area contributed by atoms with E-state index in [1.165, 1.54) is 0 Å². The summed E-state index contributed by atoms with van der Waals surface area (Å²) < 4.78 is 0. The molecule has 0 saturated carbocycles. The molecule has 0 spiro atoms. The average molecular weight is 294 g/mol. The molecule has 0 radical (unpaired) electrons. The summed E-state index contributed by atoms with van der Waals surface area (Å²) >= 11 is 0. The van der Waals surface area contributed by atoms with Crippen LogP contribution >= 0.6 is 0 Å². The molecule has 6 heteroatoms. The van der Waals surface area contributed by atoms with Crippen LogP contribution in [-0.4, -0.2) is 41.4 Å². The molecule has 2 aromatic heterocycles. The summed E-state index contributed by atoms with van der Waals surface area (Å²) in [4.78, 5) is 8.80. The number of likely N-dealkylation sites (N-methyl/N-ethyl adjacent to an activating group) is 1. The number of hydrogen-bond acceptors (Lipinski definition) is 6. The minimum absolute atomic E-state index is 0.345. The molecule has 0 unspecified atom stereocenters. The highest BCUT2D eigenvalue weighted by molar-refractivity contribution is 5.46. The van der Waals surface area contributed by atoms with Crippen molar-refractivity contribution in [3.63, 3.8) is 0 Å². The summed E-state index contributed by atoms with van der Waals surface area (Å²) in [7, 11) is 2.04. The Morgan fingerprint density at radius 2 is 2.27 bits per heavy atom. The van der Waals surface area contributed by atoms with Crippen molar-refractivity contribution in [2.45, 2.75) is 18.9 Å². The second-order valence-corrected chi connectivity index (χ2v) is 5.45. The standard InChI is InChI=1S/C16H18N6/c1-21(16-10-13(11-17)6-8-18-16)14-4-3-9-22(12-14)15-5-2-7-19-20-15/h2,5-8,10,14H,3-4,9,12H2,1H3/t14-/m0/s1. The van der Waals surface area contributed by atoms with Gasteiger partial charge in [0.1, 0.15) is 5.82 Å². The molecule has 0 aromatic carbocycles. The fourth-order valence-electron chi connectivity index (χ4n) is 2.81. The Kier molecular flexibility index (Phi) is 4.15. The summed E-state index contributed by atoms with van der Waals surface area (Å²) in [6.45, 7) is 1.88. The smallest absolute Gasteiger partial charge is 0.151 e. The zero-order valence-electron chi connectivity index (χ0n) is 12.6. The molecule has 0 bridgehead atoms. The summed E-state index contributed by atoms with van der Waals surface area (Å²) in [5.41, 5.74) is 0.637. The quantitative estimate of drug-likeness (QED) is 0.860. The van der Waals surface area contributed by atoms with E-state index in [9.17, 15) is 0 Å². The van der Waals surface area contributed by atoms with Crippen molar-refractivity contribution < 1.29 is 0 Å². The zero-order valence-corrected chi connectivity index (χ0v) is 12.6. The lowest BCUT2D eigenvalue weighted by atomic mass is 10.0. The second kappa shape index (κ2) is 6.39. The minimum Gasteiger partial charge on any atom is -0.355 e. The number of hydrogen-bond donors (Lipinski definition) is 0. The van der Waals surface area contributed by atoms with Gasteiger partial charge < -0.3 is 9.80 Å². The molecular weight excluding hydrogens is 276 g/mol. The number of anilines is 2. The molecule has 1 fully saturated rings. The minimum atomic E-state index is 0.345. The van der Waals surface area contributed by atoms with Crippen LogP contribution in [0.3, 0.4) is 0 Å². The molecule has 0 amide bonds. The Morgan fingerprint density at radius 3 is 3.05 bits per heavy atom. The van der Waals surface area contributed by atoms with Crippen LogP contribution in [0.4, 0.5) is 11.6 Å². The number of piperidine rings is 1. The Hall–Kier alpha value is -2.68. The summed E-state index contributed by atoms with van der Waals surface area (Å²) in [5.74, 6) is 1.75. The molecule has 1 aliphatic rings. The third-order valence-electron chi connectivity index (χ3n) is 4.06. The number of nitrogens with zero attached hydrogens (tertiary/aromatic N) is 6. The van der Waals surface area contributed by atoms with Crippen LogP contribution in [-0.2, 0) is 0 Å². The third-order valence-corrected chi connectivity index (χ3v) is 4.06. The van der Waals surface area contributed by atoms with E-state index in [4.69, 9.17) is 5.26 Å². The van der Waals surface area contributed by atoms with Crippen molar-refractivity contribution in [3.8, 4) is 6.07 Å². The van der Waals surface area contributed by atoms with Crippen LogP contribution in [0.15, 0.2) is 36.7 Å². The van der Waals surface area contributed by atoms with Gasteiger partial charge in [-0.15, -0.1) is 5.10 Å². The summed E-state index contributed by atoms with van der Waals surface area (Å²) in [6, 6.07) is 9.97. The number of pyridine rings is 1. The SMILES string of the molecule is CN(c1cc(C#N)ccn1)[C@H]1CCCN(c2cccnn2)C1. The van der Waals surface area contributed by atoms with Gasteiger partial charge in [-0.25, -0.2) is 4.98 Å². The molecule has 1 aliphatic heterocycles. The molecule has 1 atom stereocenters. The van der Waals surface area contributed by atoms with Gasteiger partial charge >= 0.3 is 0 Å². The highest BCUT2D eigenvalue weighted by atomic mass is 15.3. The first-order chi connectivity index (χ1) is 10.8. The van der Waals surface area contributed by atoms with Crippen LogP contribution in [0, 0.1) is 11.3 Å². The van der Waals surface area contributed by atoms with Gasteiger partial charge in [-0.1, -0.05) is 0 Å². The fourth-order valence-corrected chi connectivity index (χ4v) is 2.81. The Labute approximate surface area is 130 Å². The predicted molar refractivity (Wildman–Crippen MR) is 84.6 cm³/mol. The molecule has 0 aliphatic carbocycles. The Morgan fingerprint density at radius 1 is 1.36 bits per heavy atom. The first-order valence-electron chi connectivity index (χ1n) is 7.39. The monoisotopic (exact) mass is 294 g/mol. The zero-order chi connectivity index (χ0) is 15.4. The average Bonchev–Trinajstić information content (AvgIpc) is 2.62. The molecule has 112 valence electrons. The van der Waals surface area contributed by atoms with Crippen molar-refractivity contribution in [1.82, 2.24) is 15.2 Å². The van der Waals surface area contributed by atoms with Crippen molar-refractivity contribution in [3.05, 3.63) is 42.2 Å². The molecule has 3 rings (SSSR count). The van der Waals surface area contributed by atoms with Crippen molar-refractivity contribution >= 4 is 11.6 Å². The molecule has 0 N–H and O–H groups in total. The van der Waals surface area contributed by atoms with E-state index in [0.29, 0.717) is 11.6 Å². The van der Waals surface area contributed by atoms with E-state index in [2.05, 4.69) is 31.1 Å². The van der Waals surface area contributed by atoms with Crippen LogP contribution < -0.4 is 9.80 Å². The van der Waals surface area contributed by atoms with Gasteiger partial charge in [0.2, 0.25) is 0 Å². The van der Waals surface area contributed by atoms with Crippen molar-refractivity contribution in [2.24, 2.45) is 0 Å². The molecule has 6 nitrogen and oxygen atoms in total. The number of nitriles is 1. The van der Waals surface area contributed by atoms with E-state index in [1.807, 2.05) is 25.2 Å². The Bertz CT molecular complexity index is 666. The van der Waals surface area contributed by atoms with Gasteiger partial charge in [0.25, 0.3) is 0 Å². The Balaban J connectivity index is 1.75. The van der Waals surface area contributed by atoms with Gasteiger partial charge in [0.15, 0.2) is 5.82 Å². The molecular formula is C16H18N6. The normalized spacial score (nSPS) is 17.8. The summed E-state index contributed by atoms with van der Waals surface area (Å²) in [6.07, 6.45) is 5.58. The van der Waals surface area contributed by atoms with E-state index in [1.54, 1.807) is 18.5 Å². The number of rotatable bonds is 3. The van der Waals surface area contributed by atoms with Crippen LogP contribution in [0.1, 0.15) is 18.4 Å². The van der Waals surface area contributed by atoms with E-state index < -0.39 is 0 Å². The predicted octanol–water partition coefficient (Wildman–Crippen LogP) is 1.85. The topological polar surface area (TPSA) is 68.9 Å². The maximum absolute atomic E-state index is 9.03. The summed E-state index contributed by atoms with van der Waals surface area (Å²) in [5, 5.41) is 17.2. The lowest BCUT2D eigenvalue weighted by molar-refractivity contribution is 0.482. The molecule has 3 heterocycles.